The Labute approximate surface area is 277 Å². The zero-order valence-corrected chi connectivity index (χ0v) is 29.9. The maximum absolute atomic E-state index is 6.13. The van der Waals surface area contributed by atoms with Gasteiger partial charge in [0.2, 0.25) is 0 Å². The third-order valence-electron chi connectivity index (χ3n) is 6.79. The fourth-order valence-electron chi connectivity index (χ4n) is 4.86. The third kappa shape index (κ3) is 9.32. The molecule has 3 aromatic heterocycles. The lowest BCUT2D eigenvalue weighted by molar-refractivity contribution is 0.592. The maximum Gasteiger partial charge on any atom is 0.170 e. The van der Waals surface area contributed by atoms with E-state index in [9.17, 15) is 0 Å². The van der Waals surface area contributed by atoms with Crippen LogP contribution in [0.25, 0.3) is 39.0 Å². The van der Waals surface area contributed by atoms with Gasteiger partial charge in [0.25, 0.3) is 0 Å². The fraction of sp³-hybridized carbons (Fsp3) is 0.410. The largest absolute Gasteiger partial charge is 0.453 e. The fourth-order valence-corrected chi connectivity index (χ4v) is 4.86. The molecule has 2 N–H and O–H groups in total. The quantitative estimate of drug-likeness (QED) is 0.209. The van der Waals surface area contributed by atoms with Crippen molar-refractivity contribution in [3.63, 3.8) is 0 Å². The van der Waals surface area contributed by atoms with Crippen LogP contribution in [-0.2, 0) is 0 Å². The Morgan fingerprint density at radius 3 is 1.76 bits per heavy atom. The summed E-state index contributed by atoms with van der Waals surface area (Å²) in [5.74, 6) is 2.62. The molecule has 2 aliphatic heterocycles. The number of hydrogen-bond donors (Lipinski definition) is 2. The summed E-state index contributed by atoms with van der Waals surface area (Å²) in [6, 6.07) is 21.1. The SMILES string of the molecule is CC.CC.CC.CC.CC.c1cc2nc(-c3ccc(-c4ccc5cc(C6=NCCCN6)oc5c4)cc3)cn2cc1C1=NCCCN1. The topological polar surface area (TPSA) is 79.2 Å². The normalized spacial score (nSPS) is 13.1. The van der Waals surface area contributed by atoms with Gasteiger partial charge in [-0.05, 0) is 48.2 Å². The van der Waals surface area contributed by atoms with Crippen LogP contribution >= 0.6 is 0 Å². The first-order valence-corrected chi connectivity index (χ1v) is 17.5. The highest BCUT2D eigenvalue weighted by Crippen LogP contribution is 2.29. The van der Waals surface area contributed by atoms with E-state index in [0.29, 0.717) is 0 Å². The molecular formula is C39H56N6O. The van der Waals surface area contributed by atoms with E-state index in [4.69, 9.17) is 9.40 Å². The second kappa shape index (κ2) is 20.6. The Morgan fingerprint density at radius 2 is 1.15 bits per heavy atom. The lowest BCUT2D eigenvalue weighted by Crippen LogP contribution is -2.30. The van der Waals surface area contributed by atoms with Crippen molar-refractivity contribution in [1.29, 1.82) is 0 Å². The monoisotopic (exact) mass is 624 g/mol. The average molecular weight is 625 g/mol. The summed E-state index contributed by atoms with van der Waals surface area (Å²) < 4.78 is 8.21. The number of furan rings is 1. The first kappa shape index (κ1) is 37.8. The van der Waals surface area contributed by atoms with E-state index >= 15 is 0 Å². The van der Waals surface area contributed by atoms with Crippen molar-refractivity contribution in [1.82, 2.24) is 20.0 Å². The molecule has 7 rings (SSSR count). The molecule has 0 spiro atoms. The minimum Gasteiger partial charge on any atom is -0.453 e. The van der Waals surface area contributed by atoms with Gasteiger partial charge in [0.15, 0.2) is 11.6 Å². The average Bonchev–Trinajstić information content (AvgIpc) is 3.81. The number of nitrogens with one attached hydrogen (secondary N) is 2. The molecular weight excluding hydrogens is 568 g/mol. The molecule has 0 aliphatic carbocycles. The van der Waals surface area contributed by atoms with E-state index in [1.807, 2.05) is 75.3 Å². The van der Waals surface area contributed by atoms with Crippen LogP contribution in [0, 0.1) is 0 Å². The summed E-state index contributed by atoms with van der Waals surface area (Å²) in [6.45, 7) is 23.6. The first-order valence-electron chi connectivity index (χ1n) is 17.5. The van der Waals surface area contributed by atoms with Crippen molar-refractivity contribution < 1.29 is 4.42 Å². The maximum atomic E-state index is 6.13. The number of nitrogens with zero attached hydrogens (tertiary/aromatic N) is 4. The lowest BCUT2D eigenvalue weighted by atomic mass is 10.0. The number of imidazole rings is 1. The predicted octanol–water partition coefficient (Wildman–Crippen LogP) is 10.0. The lowest BCUT2D eigenvalue weighted by Gasteiger charge is -2.14. The van der Waals surface area contributed by atoms with Gasteiger partial charge in [0, 0.05) is 55.1 Å². The number of hydrogen-bond acceptors (Lipinski definition) is 6. The number of benzene rings is 2. The molecule has 7 nitrogen and oxygen atoms in total. The highest BCUT2D eigenvalue weighted by molar-refractivity contribution is 6.00. The summed E-state index contributed by atoms with van der Waals surface area (Å²) in [6.07, 6.45) is 6.32. The van der Waals surface area contributed by atoms with E-state index in [-0.39, 0.29) is 0 Å². The van der Waals surface area contributed by atoms with E-state index < -0.39 is 0 Å². The van der Waals surface area contributed by atoms with Crippen LogP contribution in [-0.4, -0.2) is 47.2 Å². The van der Waals surface area contributed by atoms with E-state index in [0.717, 1.165) is 101 Å². The molecule has 46 heavy (non-hydrogen) atoms. The third-order valence-corrected chi connectivity index (χ3v) is 6.79. The van der Waals surface area contributed by atoms with Crippen LogP contribution in [0.3, 0.4) is 0 Å². The summed E-state index contributed by atoms with van der Waals surface area (Å²) in [5.41, 5.74) is 7.17. The smallest absolute Gasteiger partial charge is 0.170 e. The van der Waals surface area contributed by atoms with Crippen molar-refractivity contribution >= 4 is 28.3 Å². The second-order valence-corrected chi connectivity index (χ2v) is 9.27. The molecule has 0 radical (unpaired) electrons. The zero-order valence-electron chi connectivity index (χ0n) is 29.9. The molecule has 248 valence electrons. The van der Waals surface area contributed by atoms with Gasteiger partial charge in [0.05, 0.1) is 5.69 Å². The molecule has 7 heteroatoms. The Hall–Kier alpha value is -4.39. The van der Waals surface area contributed by atoms with Gasteiger partial charge in [-0.1, -0.05) is 106 Å². The number of pyridine rings is 1. The van der Waals surface area contributed by atoms with Gasteiger partial charge in [-0.25, -0.2) is 4.98 Å². The summed E-state index contributed by atoms with van der Waals surface area (Å²) in [7, 11) is 0. The molecule has 0 saturated carbocycles. The minimum atomic E-state index is 0.804. The molecule has 5 heterocycles. The molecule has 0 unspecified atom stereocenters. The standard InChI is InChI=1S/C29H26N6O.5C2H6/c1-11-30-28(31-12-1)23-9-10-27-34-24(18-35(27)17-23)20-5-3-19(4-6-20)21-7-8-22-16-26(36-25(22)15-21)29-32-13-2-14-33-29;5*1-2/h3-10,15-18H,1-2,11-14H2,(H,30,31)(H,32,33);5*1-2H3. The van der Waals surface area contributed by atoms with Gasteiger partial charge in [-0.15, -0.1) is 0 Å². The first-order chi connectivity index (χ1) is 22.8. The zero-order chi connectivity index (χ0) is 33.9. The minimum absolute atomic E-state index is 0.804. The van der Waals surface area contributed by atoms with Crippen molar-refractivity contribution in [2.24, 2.45) is 9.98 Å². The molecule has 0 atom stereocenters. The number of aliphatic imine (C=N–C) groups is 2. The van der Waals surface area contributed by atoms with Gasteiger partial charge in [-0.3, -0.25) is 9.98 Å². The molecule has 0 saturated heterocycles. The Bertz CT molecular complexity index is 1600. The molecule has 0 bridgehead atoms. The van der Waals surface area contributed by atoms with Crippen molar-refractivity contribution in [2.45, 2.75) is 82.1 Å². The van der Waals surface area contributed by atoms with E-state index in [1.165, 1.54) is 0 Å². The van der Waals surface area contributed by atoms with Crippen LogP contribution in [0.1, 0.15) is 93.4 Å². The van der Waals surface area contributed by atoms with E-state index in [1.54, 1.807) is 0 Å². The highest BCUT2D eigenvalue weighted by Gasteiger charge is 2.14. The Morgan fingerprint density at radius 1 is 0.587 bits per heavy atom. The molecule has 0 fully saturated rings. The van der Waals surface area contributed by atoms with Crippen molar-refractivity contribution in [2.75, 3.05) is 26.2 Å². The molecule has 2 aliphatic rings. The van der Waals surface area contributed by atoms with Crippen LogP contribution in [0.5, 0.6) is 0 Å². The molecule has 0 amide bonds. The summed E-state index contributed by atoms with van der Waals surface area (Å²) in [4.78, 5) is 14.0. The Balaban J connectivity index is 0.000000676. The van der Waals surface area contributed by atoms with Gasteiger partial charge >= 0.3 is 0 Å². The highest BCUT2D eigenvalue weighted by atomic mass is 16.3. The number of rotatable bonds is 4. The molecule has 2 aromatic carbocycles. The number of amidine groups is 2. The van der Waals surface area contributed by atoms with Gasteiger partial charge in [0.1, 0.15) is 17.1 Å². The van der Waals surface area contributed by atoms with Crippen LogP contribution in [0.2, 0.25) is 0 Å². The summed E-state index contributed by atoms with van der Waals surface area (Å²) >= 11 is 0. The number of fused-ring (bicyclic) bond motifs is 2. The van der Waals surface area contributed by atoms with Crippen LogP contribution < -0.4 is 10.6 Å². The predicted molar refractivity (Wildman–Crippen MR) is 201 cm³/mol. The van der Waals surface area contributed by atoms with E-state index in [2.05, 4.69) is 92.0 Å². The summed E-state index contributed by atoms with van der Waals surface area (Å²) in [5, 5.41) is 7.81. The Kier molecular flexibility index (Phi) is 16.9. The van der Waals surface area contributed by atoms with Gasteiger partial charge < -0.3 is 19.5 Å². The van der Waals surface area contributed by atoms with Gasteiger partial charge in [-0.2, -0.15) is 0 Å². The second-order valence-electron chi connectivity index (χ2n) is 9.27. The van der Waals surface area contributed by atoms with Crippen LogP contribution in [0.4, 0.5) is 0 Å². The van der Waals surface area contributed by atoms with Crippen molar-refractivity contribution in [3.05, 3.63) is 84.4 Å². The van der Waals surface area contributed by atoms with Crippen LogP contribution in [0.15, 0.2) is 87.5 Å². The van der Waals surface area contributed by atoms with Crippen molar-refractivity contribution in [3.8, 4) is 22.4 Å². The molecule has 5 aromatic rings. The number of aromatic nitrogens is 2.